The number of esters is 2. The van der Waals surface area contributed by atoms with Crippen LogP contribution in [0.25, 0.3) is 0 Å². The second-order valence-electron chi connectivity index (χ2n) is 4.53. The van der Waals surface area contributed by atoms with Gasteiger partial charge in [0.1, 0.15) is 0 Å². The molecule has 0 aromatic carbocycles. The molecule has 0 spiro atoms. The van der Waals surface area contributed by atoms with Crippen LogP contribution in [-0.2, 0) is 19.1 Å². The summed E-state index contributed by atoms with van der Waals surface area (Å²) in [6.07, 6.45) is 7.86. The highest BCUT2D eigenvalue weighted by atomic mass is 16.5. The first kappa shape index (κ1) is 16.0. The summed E-state index contributed by atoms with van der Waals surface area (Å²) in [5, 5.41) is 0. The lowest BCUT2D eigenvalue weighted by Gasteiger charge is -2.15. The summed E-state index contributed by atoms with van der Waals surface area (Å²) in [6.45, 7) is 3.64. The van der Waals surface area contributed by atoms with Crippen molar-refractivity contribution >= 4 is 11.9 Å². The summed E-state index contributed by atoms with van der Waals surface area (Å²) in [5.41, 5.74) is 1.05. The fraction of sp³-hybridized carbons (Fsp3) is 0.500. The van der Waals surface area contributed by atoms with Crippen molar-refractivity contribution in [3.63, 3.8) is 0 Å². The van der Waals surface area contributed by atoms with Crippen molar-refractivity contribution in [3.05, 3.63) is 24.3 Å². The average molecular weight is 276 g/mol. The summed E-state index contributed by atoms with van der Waals surface area (Å²) < 4.78 is 9.28. The number of rotatable bonds is 4. The van der Waals surface area contributed by atoms with Crippen molar-refractivity contribution in [1.29, 1.82) is 0 Å². The summed E-state index contributed by atoms with van der Waals surface area (Å²) in [5.74, 6) is 2.95. The maximum absolute atomic E-state index is 11.7. The molecule has 0 amide bonds. The van der Waals surface area contributed by atoms with E-state index >= 15 is 0 Å². The number of allylic oxidation sites excluding steroid dienone is 3. The number of hydrogen-bond donors (Lipinski definition) is 0. The second-order valence-corrected chi connectivity index (χ2v) is 4.53. The molecule has 0 N–H and O–H groups in total. The molecular weight excluding hydrogens is 256 g/mol. The summed E-state index contributed by atoms with van der Waals surface area (Å²) in [6, 6.07) is 0. The lowest BCUT2D eigenvalue weighted by molar-refractivity contribution is -0.159. The Morgan fingerprint density at radius 2 is 1.95 bits per heavy atom. The summed E-state index contributed by atoms with van der Waals surface area (Å²) >= 11 is 0. The highest BCUT2D eigenvalue weighted by molar-refractivity contribution is 5.95. The third-order valence-corrected chi connectivity index (χ3v) is 3.21. The van der Waals surface area contributed by atoms with Gasteiger partial charge in [-0.25, -0.2) is 0 Å². The molecule has 1 unspecified atom stereocenters. The Kier molecular flexibility index (Phi) is 6.58. The van der Waals surface area contributed by atoms with Crippen LogP contribution in [0.3, 0.4) is 0 Å². The average Bonchev–Trinajstić information content (AvgIpc) is 2.51. The number of ether oxygens (including phenoxy) is 2. The van der Waals surface area contributed by atoms with E-state index in [2.05, 4.69) is 34.0 Å². The maximum Gasteiger partial charge on any atom is 0.321 e. The molecule has 0 fully saturated rings. The van der Waals surface area contributed by atoms with Crippen LogP contribution in [0.4, 0.5) is 0 Å². The molecule has 0 bridgehead atoms. The molecule has 0 heterocycles. The number of carbonyl (C=O) groups is 2. The molecule has 1 atom stereocenters. The third-order valence-electron chi connectivity index (χ3n) is 3.21. The van der Waals surface area contributed by atoms with Crippen LogP contribution >= 0.6 is 0 Å². The van der Waals surface area contributed by atoms with Crippen LogP contribution in [0.1, 0.15) is 25.7 Å². The quantitative estimate of drug-likeness (QED) is 0.342. The van der Waals surface area contributed by atoms with Gasteiger partial charge >= 0.3 is 11.9 Å². The van der Waals surface area contributed by atoms with Crippen LogP contribution in [0.5, 0.6) is 0 Å². The monoisotopic (exact) mass is 276 g/mol. The van der Waals surface area contributed by atoms with Gasteiger partial charge in [-0.15, -0.1) is 6.58 Å². The first-order valence-corrected chi connectivity index (χ1v) is 6.62. The van der Waals surface area contributed by atoms with Gasteiger partial charge in [0, 0.05) is 0 Å². The zero-order valence-electron chi connectivity index (χ0n) is 12.0. The van der Waals surface area contributed by atoms with Crippen LogP contribution in [-0.4, -0.2) is 26.2 Å². The number of carbonyl (C=O) groups excluding carboxylic acids is 2. The predicted molar refractivity (Wildman–Crippen MR) is 75.5 cm³/mol. The van der Waals surface area contributed by atoms with Gasteiger partial charge in [-0.05, 0) is 31.3 Å². The maximum atomic E-state index is 11.7. The van der Waals surface area contributed by atoms with E-state index in [4.69, 9.17) is 0 Å². The van der Waals surface area contributed by atoms with Crippen molar-refractivity contribution in [3.8, 4) is 11.8 Å². The molecule has 4 nitrogen and oxygen atoms in total. The lowest BCUT2D eigenvalue weighted by atomic mass is 9.91. The SMILES string of the molecule is C=CC(C#CC1=CCCCC1)C(C(=O)OC)C(=O)OC. The number of hydrogen-bond acceptors (Lipinski definition) is 4. The van der Waals surface area contributed by atoms with E-state index in [0.29, 0.717) is 0 Å². The highest BCUT2D eigenvalue weighted by Crippen LogP contribution is 2.19. The molecule has 0 saturated heterocycles. The first-order chi connectivity index (χ1) is 9.63. The predicted octanol–water partition coefficient (Wildman–Crippen LogP) is 2.25. The zero-order valence-corrected chi connectivity index (χ0v) is 12.0. The summed E-state index contributed by atoms with van der Waals surface area (Å²) in [7, 11) is 2.46. The van der Waals surface area contributed by atoms with Gasteiger partial charge in [-0.1, -0.05) is 24.0 Å². The molecule has 1 rings (SSSR count). The smallest absolute Gasteiger partial charge is 0.321 e. The Balaban J connectivity index is 2.93. The van der Waals surface area contributed by atoms with E-state index in [9.17, 15) is 9.59 Å². The molecule has 1 aliphatic carbocycles. The molecule has 0 saturated carbocycles. The Morgan fingerprint density at radius 3 is 2.40 bits per heavy atom. The molecular formula is C16H20O4. The molecule has 108 valence electrons. The van der Waals surface area contributed by atoms with E-state index in [1.165, 1.54) is 26.7 Å². The second kappa shape index (κ2) is 8.21. The minimum Gasteiger partial charge on any atom is -0.468 e. The van der Waals surface area contributed by atoms with Gasteiger partial charge < -0.3 is 9.47 Å². The molecule has 0 aliphatic heterocycles. The van der Waals surface area contributed by atoms with Crippen molar-refractivity contribution in [2.45, 2.75) is 25.7 Å². The van der Waals surface area contributed by atoms with Crippen LogP contribution in [0.2, 0.25) is 0 Å². The minimum absolute atomic E-state index is 0.613. The van der Waals surface area contributed by atoms with Crippen molar-refractivity contribution in [1.82, 2.24) is 0 Å². The molecule has 0 radical (unpaired) electrons. The van der Waals surface area contributed by atoms with Gasteiger partial charge in [0.2, 0.25) is 0 Å². The first-order valence-electron chi connectivity index (χ1n) is 6.62. The topological polar surface area (TPSA) is 52.6 Å². The minimum atomic E-state index is -1.08. The lowest BCUT2D eigenvalue weighted by Crippen LogP contribution is -2.32. The fourth-order valence-electron chi connectivity index (χ4n) is 2.05. The van der Waals surface area contributed by atoms with Crippen molar-refractivity contribution < 1.29 is 19.1 Å². The molecule has 0 aromatic rings. The van der Waals surface area contributed by atoms with E-state index < -0.39 is 23.8 Å². The van der Waals surface area contributed by atoms with Gasteiger partial charge in [0.25, 0.3) is 0 Å². The summed E-state index contributed by atoms with van der Waals surface area (Å²) in [4.78, 5) is 23.4. The third kappa shape index (κ3) is 4.27. The molecule has 4 heteroatoms. The Labute approximate surface area is 119 Å². The highest BCUT2D eigenvalue weighted by Gasteiger charge is 2.34. The zero-order chi connectivity index (χ0) is 15.0. The standard InChI is InChI=1S/C16H20O4/c1-4-13(11-10-12-8-6-5-7-9-12)14(15(17)19-2)16(18)20-3/h4,8,13-14H,1,5-7,9H2,2-3H3. The van der Waals surface area contributed by atoms with Crippen LogP contribution in [0, 0.1) is 23.7 Å². The molecule has 0 aromatic heterocycles. The Morgan fingerprint density at radius 1 is 1.30 bits per heavy atom. The van der Waals surface area contributed by atoms with Crippen LogP contribution < -0.4 is 0 Å². The van der Waals surface area contributed by atoms with Gasteiger partial charge in [-0.2, -0.15) is 0 Å². The largest absolute Gasteiger partial charge is 0.468 e. The molecule has 1 aliphatic rings. The van der Waals surface area contributed by atoms with Gasteiger partial charge in [0.05, 0.1) is 20.1 Å². The number of methoxy groups -OCH3 is 2. The van der Waals surface area contributed by atoms with Gasteiger partial charge in [-0.3, -0.25) is 9.59 Å². The Bertz CT molecular complexity index is 449. The van der Waals surface area contributed by atoms with E-state index in [0.717, 1.165) is 24.8 Å². The van der Waals surface area contributed by atoms with Crippen molar-refractivity contribution in [2.24, 2.45) is 11.8 Å². The van der Waals surface area contributed by atoms with E-state index in [-0.39, 0.29) is 0 Å². The molecule has 20 heavy (non-hydrogen) atoms. The van der Waals surface area contributed by atoms with Crippen molar-refractivity contribution in [2.75, 3.05) is 14.2 Å². The van der Waals surface area contributed by atoms with Gasteiger partial charge in [0.15, 0.2) is 5.92 Å². The van der Waals surface area contributed by atoms with E-state index in [1.54, 1.807) is 0 Å². The van der Waals surface area contributed by atoms with E-state index in [1.807, 2.05) is 0 Å². The van der Waals surface area contributed by atoms with Crippen LogP contribution in [0.15, 0.2) is 24.3 Å². The normalized spacial score (nSPS) is 15.4. The Hall–Kier alpha value is -2.02. The fourth-order valence-corrected chi connectivity index (χ4v) is 2.05.